The quantitative estimate of drug-likeness (QED) is 0.470. The van der Waals surface area contributed by atoms with Crippen LogP contribution in [0.3, 0.4) is 0 Å². The van der Waals surface area contributed by atoms with Crippen LogP contribution in [0.15, 0.2) is 12.4 Å². The van der Waals surface area contributed by atoms with Crippen molar-refractivity contribution in [1.82, 2.24) is 15.4 Å². The molecule has 1 aromatic rings. The molecular weight excluding hydrogens is 226 g/mol. The lowest BCUT2D eigenvalue weighted by Gasteiger charge is -2.14. The highest BCUT2D eigenvalue weighted by atomic mass is 16.6. The molecule has 0 aliphatic rings. The first-order valence-corrected chi connectivity index (χ1v) is 7.19. The van der Waals surface area contributed by atoms with E-state index in [0.29, 0.717) is 5.92 Å². The van der Waals surface area contributed by atoms with Gasteiger partial charge in [0, 0.05) is 25.4 Å². The van der Waals surface area contributed by atoms with Crippen LogP contribution in [0.5, 0.6) is 0 Å². The summed E-state index contributed by atoms with van der Waals surface area (Å²) >= 11 is 0. The molecule has 2 N–H and O–H groups in total. The maximum Gasteiger partial charge on any atom is 0.106 e. The number of nitrogens with zero attached hydrogens (tertiary/aromatic N) is 1. The second-order valence-electron chi connectivity index (χ2n) is 4.76. The van der Waals surface area contributed by atoms with Crippen molar-refractivity contribution >= 4 is 0 Å². The van der Waals surface area contributed by atoms with Crippen molar-refractivity contribution in [2.24, 2.45) is 5.92 Å². The summed E-state index contributed by atoms with van der Waals surface area (Å²) in [5, 5.41) is 0. The number of hydrogen-bond acceptors (Lipinski definition) is 3. The zero-order chi connectivity index (χ0) is 13.1. The molecular formula is C14H27N3O. The summed E-state index contributed by atoms with van der Waals surface area (Å²) in [7, 11) is 0. The van der Waals surface area contributed by atoms with E-state index in [9.17, 15) is 0 Å². The van der Waals surface area contributed by atoms with Crippen LogP contribution in [0, 0.1) is 5.92 Å². The maximum atomic E-state index is 5.52. The number of hydrogen-bond donors (Lipinski definition) is 2. The van der Waals surface area contributed by atoms with Gasteiger partial charge >= 0.3 is 0 Å². The van der Waals surface area contributed by atoms with Gasteiger partial charge < -0.3 is 9.82 Å². The highest BCUT2D eigenvalue weighted by molar-refractivity contribution is 4.86. The van der Waals surface area contributed by atoms with Crippen molar-refractivity contribution in [2.75, 3.05) is 13.2 Å². The number of aromatic amines is 1. The van der Waals surface area contributed by atoms with E-state index in [2.05, 4.69) is 29.3 Å². The van der Waals surface area contributed by atoms with Crippen LogP contribution < -0.4 is 5.48 Å². The second kappa shape index (κ2) is 10.1. The Labute approximate surface area is 110 Å². The van der Waals surface area contributed by atoms with Crippen LogP contribution in [0.4, 0.5) is 0 Å². The average molecular weight is 253 g/mol. The predicted molar refractivity (Wildman–Crippen MR) is 74.2 cm³/mol. The van der Waals surface area contributed by atoms with Gasteiger partial charge in [0.1, 0.15) is 5.82 Å². The molecule has 1 rings (SSSR count). The van der Waals surface area contributed by atoms with Crippen molar-refractivity contribution in [1.29, 1.82) is 0 Å². The summed E-state index contributed by atoms with van der Waals surface area (Å²) in [6, 6.07) is 0. The zero-order valence-electron chi connectivity index (χ0n) is 11.7. The first kappa shape index (κ1) is 15.2. The minimum Gasteiger partial charge on any atom is -0.349 e. The standard InChI is InChI=1S/C14H27N3O/c1-3-5-7-13(4-2)12-18-17-9-6-8-14-15-10-11-16-14/h10-11,13,17H,3-9,12H2,1-2H3,(H,15,16). The molecule has 0 bridgehead atoms. The largest absolute Gasteiger partial charge is 0.349 e. The molecule has 0 aliphatic carbocycles. The van der Waals surface area contributed by atoms with Gasteiger partial charge in [0.25, 0.3) is 0 Å². The molecule has 1 atom stereocenters. The number of rotatable bonds is 11. The minimum absolute atomic E-state index is 0.697. The van der Waals surface area contributed by atoms with Gasteiger partial charge in [-0.3, -0.25) is 0 Å². The van der Waals surface area contributed by atoms with Crippen LogP contribution in [-0.2, 0) is 11.3 Å². The van der Waals surface area contributed by atoms with E-state index in [1.54, 1.807) is 6.20 Å². The molecule has 0 aromatic carbocycles. The van der Waals surface area contributed by atoms with E-state index in [-0.39, 0.29) is 0 Å². The Morgan fingerprint density at radius 2 is 2.28 bits per heavy atom. The summed E-state index contributed by atoms with van der Waals surface area (Å²) in [6.45, 7) is 6.18. The Hall–Kier alpha value is -0.870. The molecule has 18 heavy (non-hydrogen) atoms. The number of H-pyrrole nitrogens is 1. The highest BCUT2D eigenvalue weighted by Crippen LogP contribution is 2.12. The lowest BCUT2D eigenvalue weighted by Crippen LogP contribution is -2.21. The number of nitrogens with one attached hydrogen (secondary N) is 2. The number of imidazole rings is 1. The third-order valence-corrected chi connectivity index (χ3v) is 3.21. The Balaban J connectivity index is 1.93. The van der Waals surface area contributed by atoms with Gasteiger partial charge in [-0.05, 0) is 18.8 Å². The fourth-order valence-corrected chi connectivity index (χ4v) is 1.91. The topological polar surface area (TPSA) is 49.9 Å². The average Bonchev–Trinajstić information content (AvgIpc) is 2.90. The van der Waals surface area contributed by atoms with Crippen molar-refractivity contribution < 1.29 is 4.84 Å². The lowest BCUT2D eigenvalue weighted by molar-refractivity contribution is 0.0136. The van der Waals surface area contributed by atoms with Crippen LogP contribution in [0.2, 0.25) is 0 Å². The zero-order valence-corrected chi connectivity index (χ0v) is 11.7. The molecule has 4 heteroatoms. The van der Waals surface area contributed by atoms with Crippen LogP contribution in [0.25, 0.3) is 0 Å². The smallest absolute Gasteiger partial charge is 0.106 e. The fraction of sp³-hybridized carbons (Fsp3) is 0.786. The third-order valence-electron chi connectivity index (χ3n) is 3.21. The summed E-state index contributed by atoms with van der Waals surface area (Å²) < 4.78 is 0. The Kier molecular flexibility index (Phi) is 8.51. The number of unbranched alkanes of at least 4 members (excludes halogenated alkanes) is 1. The molecule has 4 nitrogen and oxygen atoms in total. The van der Waals surface area contributed by atoms with E-state index >= 15 is 0 Å². The molecule has 1 heterocycles. The van der Waals surface area contributed by atoms with Gasteiger partial charge in [-0.1, -0.05) is 33.1 Å². The molecule has 0 spiro atoms. The van der Waals surface area contributed by atoms with E-state index in [1.807, 2.05) is 6.20 Å². The number of hydroxylamine groups is 1. The molecule has 0 saturated carbocycles. The van der Waals surface area contributed by atoms with Gasteiger partial charge in [-0.25, -0.2) is 10.5 Å². The SMILES string of the molecule is CCCCC(CC)CONCCCc1ncc[nH]1. The number of aryl methyl sites for hydroxylation is 1. The van der Waals surface area contributed by atoms with Gasteiger partial charge in [0.15, 0.2) is 0 Å². The maximum absolute atomic E-state index is 5.52. The van der Waals surface area contributed by atoms with Gasteiger partial charge in [-0.2, -0.15) is 0 Å². The summed E-state index contributed by atoms with van der Waals surface area (Å²) in [4.78, 5) is 12.8. The Bertz CT molecular complexity index is 275. The van der Waals surface area contributed by atoms with Crippen LogP contribution >= 0.6 is 0 Å². The van der Waals surface area contributed by atoms with Crippen molar-refractivity contribution in [3.8, 4) is 0 Å². The van der Waals surface area contributed by atoms with E-state index < -0.39 is 0 Å². The molecule has 0 aliphatic heterocycles. The first-order valence-electron chi connectivity index (χ1n) is 7.19. The summed E-state index contributed by atoms with van der Waals surface area (Å²) in [6.07, 6.45) is 10.7. The fourth-order valence-electron chi connectivity index (χ4n) is 1.91. The predicted octanol–water partition coefficient (Wildman–Crippen LogP) is 3.08. The third kappa shape index (κ3) is 6.77. The van der Waals surface area contributed by atoms with E-state index in [0.717, 1.165) is 31.8 Å². The van der Waals surface area contributed by atoms with E-state index in [4.69, 9.17) is 4.84 Å². The minimum atomic E-state index is 0.697. The van der Waals surface area contributed by atoms with E-state index in [1.165, 1.54) is 25.7 Å². The Morgan fingerprint density at radius 1 is 1.39 bits per heavy atom. The number of aromatic nitrogens is 2. The monoisotopic (exact) mass is 253 g/mol. The highest BCUT2D eigenvalue weighted by Gasteiger charge is 2.05. The van der Waals surface area contributed by atoms with Crippen molar-refractivity contribution in [3.63, 3.8) is 0 Å². The molecule has 0 fully saturated rings. The molecule has 0 radical (unpaired) electrons. The molecule has 104 valence electrons. The van der Waals surface area contributed by atoms with Crippen LogP contribution in [0.1, 0.15) is 51.8 Å². The molecule has 0 saturated heterocycles. The molecule has 0 amide bonds. The van der Waals surface area contributed by atoms with Crippen molar-refractivity contribution in [3.05, 3.63) is 18.2 Å². The normalized spacial score (nSPS) is 12.8. The van der Waals surface area contributed by atoms with Gasteiger partial charge in [0.05, 0.1) is 6.61 Å². The lowest BCUT2D eigenvalue weighted by atomic mass is 10.0. The molecule has 1 unspecified atom stereocenters. The van der Waals surface area contributed by atoms with Gasteiger partial charge in [0.2, 0.25) is 0 Å². The molecule has 1 aromatic heterocycles. The summed E-state index contributed by atoms with van der Waals surface area (Å²) in [5.74, 6) is 1.74. The second-order valence-corrected chi connectivity index (χ2v) is 4.76. The first-order chi connectivity index (χ1) is 8.86. The van der Waals surface area contributed by atoms with Gasteiger partial charge in [-0.15, -0.1) is 0 Å². The van der Waals surface area contributed by atoms with Crippen molar-refractivity contribution in [2.45, 2.75) is 52.4 Å². The Morgan fingerprint density at radius 3 is 2.94 bits per heavy atom. The van der Waals surface area contributed by atoms with Crippen LogP contribution in [-0.4, -0.2) is 23.1 Å². The summed E-state index contributed by atoms with van der Waals surface area (Å²) in [5.41, 5.74) is 3.05.